The number of nitrogen functional groups attached to an aromatic ring is 2. The number of benzene rings is 1. The smallest absolute Gasteiger partial charge is 0.211 e. The molecule has 3 heterocycles. The summed E-state index contributed by atoms with van der Waals surface area (Å²) in [6.45, 7) is 0. The van der Waals surface area contributed by atoms with E-state index >= 15 is 0 Å². The van der Waals surface area contributed by atoms with Gasteiger partial charge in [0.25, 0.3) is 0 Å². The normalized spacial score (nSPS) is 14.1. The van der Waals surface area contributed by atoms with E-state index in [9.17, 15) is 5.26 Å². The maximum Gasteiger partial charge on any atom is 0.211 e. The summed E-state index contributed by atoms with van der Waals surface area (Å²) >= 11 is 0. The van der Waals surface area contributed by atoms with Crippen molar-refractivity contribution in [2.24, 2.45) is 4.99 Å². The minimum atomic E-state index is -0.615. The van der Waals surface area contributed by atoms with Crippen molar-refractivity contribution in [1.82, 2.24) is 15.3 Å². The van der Waals surface area contributed by atoms with Gasteiger partial charge in [-0.2, -0.15) is 15.8 Å². The lowest BCUT2D eigenvalue weighted by molar-refractivity contribution is 0.847. The quantitative estimate of drug-likeness (QED) is 0.364. The van der Waals surface area contributed by atoms with E-state index in [0.29, 0.717) is 22.6 Å². The number of fused-ring (bicyclic) bond motifs is 1. The third-order valence-corrected chi connectivity index (χ3v) is 4.77. The van der Waals surface area contributed by atoms with Gasteiger partial charge in [0.1, 0.15) is 35.4 Å². The van der Waals surface area contributed by atoms with Crippen LogP contribution in [0.4, 0.5) is 17.3 Å². The Hall–Kier alpha value is -5.14. The highest BCUT2D eigenvalue weighted by Gasteiger charge is 2.29. The molecule has 1 atom stereocenters. The second-order valence-corrected chi connectivity index (χ2v) is 6.57. The monoisotopic (exact) mass is 406 g/mol. The molecule has 10 heteroatoms. The van der Waals surface area contributed by atoms with E-state index in [4.69, 9.17) is 22.0 Å². The molecule has 148 valence electrons. The van der Waals surface area contributed by atoms with Gasteiger partial charge in [-0.15, -0.1) is 0 Å². The van der Waals surface area contributed by atoms with Crippen molar-refractivity contribution in [3.05, 3.63) is 64.8 Å². The lowest BCUT2D eigenvalue weighted by Gasteiger charge is -2.26. The number of nitrogens with one attached hydrogen (secondary N) is 2. The lowest BCUT2D eigenvalue weighted by atomic mass is 9.94. The molecule has 2 aromatic heterocycles. The number of nitrogens with zero attached hydrogens (tertiary/aromatic N) is 6. The first-order valence-electron chi connectivity index (χ1n) is 9.01. The Morgan fingerprint density at radius 3 is 2.39 bits per heavy atom. The summed E-state index contributed by atoms with van der Waals surface area (Å²) in [6, 6.07) is 14.3. The molecular weight excluding hydrogens is 392 g/mol. The number of pyridine rings is 2. The molecule has 0 amide bonds. The van der Waals surface area contributed by atoms with Crippen LogP contribution in [-0.4, -0.2) is 15.9 Å². The summed E-state index contributed by atoms with van der Waals surface area (Å²) in [5.74, 6) is 0.504. The Balaban J connectivity index is 1.79. The molecule has 10 nitrogen and oxygen atoms in total. The van der Waals surface area contributed by atoms with E-state index in [1.807, 2.05) is 42.6 Å². The van der Waals surface area contributed by atoms with E-state index in [-0.39, 0.29) is 23.0 Å². The number of hydrogen-bond donors (Lipinski definition) is 4. The molecule has 1 unspecified atom stereocenters. The van der Waals surface area contributed by atoms with E-state index in [1.165, 1.54) is 6.20 Å². The van der Waals surface area contributed by atoms with Gasteiger partial charge in [0.2, 0.25) is 5.96 Å². The lowest BCUT2D eigenvalue weighted by Crippen LogP contribution is -2.32. The molecule has 1 aliphatic rings. The van der Waals surface area contributed by atoms with Crippen LogP contribution < -0.4 is 22.1 Å². The Kier molecular flexibility index (Phi) is 4.77. The van der Waals surface area contributed by atoms with Gasteiger partial charge in [-0.05, 0) is 17.7 Å². The van der Waals surface area contributed by atoms with Crippen LogP contribution in [0, 0.1) is 34.1 Å². The SMILES string of the molecule is N#CNC1=NC(c2ccc(-c3ccc(C#N)cn3)cc2)c2c(nc(N)c(C#N)c2N)N1. The molecule has 0 aliphatic carbocycles. The first-order chi connectivity index (χ1) is 15.0. The van der Waals surface area contributed by atoms with E-state index in [0.717, 1.165) is 11.1 Å². The highest BCUT2D eigenvalue weighted by Crippen LogP contribution is 2.40. The van der Waals surface area contributed by atoms with Crippen molar-refractivity contribution in [1.29, 1.82) is 15.8 Å². The van der Waals surface area contributed by atoms with Crippen molar-refractivity contribution >= 4 is 23.3 Å². The molecule has 0 saturated carbocycles. The molecule has 0 fully saturated rings. The fraction of sp³-hybridized carbons (Fsp3) is 0.0476. The topological polar surface area (TPSA) is 186 Å². The molecule has 1 aliphatic heterocycles. The van der Waals surface area contributed by atoms with Crippen LogP contribution in [0.5, 0.6) is 0 Å². The number of aliphatic imine (C=N–C) groups is 1. The maximum atomic E-state index is 9.41. The van der Waals surface area contributed by atoms with E-state index in [2.05, 4.69) is 25.6 Å². The van der Waals surface area contributed by atoms with Crippen molar-refractivity contribution in [2.45, 2.75) is 6.04 Å². The van der Waals surface area contributed by atoms with E-state index < -0.39 is 6.04 Å². The van der Waals surface area contributed by atoms with Crippen LogP contribution in [0.1, 0.15) is 28.3 Å². The number of rotatable bonds is 2. The fourth-order valence-corrected chi connectivity index (χ4v) is 3.29. The number of anilines is 3. The molecule has 0 radical (unpaired) electrons. The zero-order chi connectivity index (χ0) is 22.0. The van der Waals surface area contributed by atoms with Crippen LogP contribution in [0.15, 0.2) is 47.6 Å². The van der Waals surface area contributed by atoms with Crippen molar-refractivity contribution in [3.63, 3.8) is 0 Å². The molecule has 4 rings (SSSR count). The summed E-state index contributed by atoms with van der Waals surface area (Å²) in [7, 11) is 0. The van der Waals surface area contributed by atoms with Crippen molar-refractivity contribution < 1.29 is 0 Å². The third-order valence-electron chi connectivity index (χ3n) is 4.77. The molecule has 0 saturated heterocycles. The molecule has 0 spiro atoms. The van der Waals surface area contributed by atoms with Crippen LogP contribution >= 0.6 is 0 Å². The Morgan fingerprint density at radius 2 is 1.77 bits per heavy atom. The Labute approximate surface area is 177 Å². The Morgan fingerprint density at radius 1 is 1.00 bits per heavy atom. The summed E-state index contributed by atoms with van der Waals surface area (Å²) < 4.78 is 0. The number of aromatic nitrogens is 2. The predicted molar refractivity (Wildman–Crippen MR) is 114 cm³/mol. The Bertz CT molecular complexity index is 1320. The zero-order valence-electron chi connectivity index (χ0n) is 16.0. The standard InChI is InChI=1S/C21H14N10/c22-7-11-1-6-15(27-9-11)12-2-4-13(5-3-12)18-16-17(25)14(8-23)19(26)30-20(16)31-21(29-18)28-10-24/h1-6,9,18H,(H6,25,26,28,29,30,31). The average molecular weight is 406 g/mol. The van der Waals surface area contributed by atoms with Gasteiger partial charge in [-0.25, -0.2) is 9.98 Å². The summed E-state index contributed by atoms with van der Waals surface area (Å²) in [4.78, 5) is 13.1. The second kappa shape index (κ2) is 7.70. The predicted octanol–water partition coefficient (Wildman–Crippen LogP) is 1.99. The van der Waals surface area contributed by atoms with Crippen LogP contribution in [0.3, 0.4) is 0 Å². The highest BCUT2D eigenvalue weighted by molar-refractivity contribution is 5.98. The van der Waals surface area contributed by atoms with Gasteiger partial charge < -0.3 is 16.8 Å². The number of hydrogen-bond acceptors (Lipinski definition) is 10. The van der Waals surface area contributed by atoms with E-state index in [1.54, 1.807) is 12.1 Å². The summed E-state index contributed by atoms with van der Waals surface area (Å²) in [5, 5.41) is 32.7. The van der Waals surface area contributed by atoms with Gasteiger partial charge in [0, 0.05) is 17.3 Å². The van der Waals surface area contributed by atoms with Gasteiger partial charge in [0.05, 0.1) is 16.9 Å². The van der Waals surface area contributed by atoms with Gasteiger partial charge in [-0.1, -0.05) is 24.3 Å². The first-order valence-corrected chi connectivity index (χ1v) is 9.01. The molecule has 31 heavy (non-hydrogen) atoms. The van der Waals surface area contributed by atoms with Crippen LogP contribution in [0.2, 0.25) is 0 Å². The van der Waals surface area contributed by atoms with Crippen LogP contribution in [-0.2, 0) is 0 Å². The first kappa shape index (κ1) is 19.2. The van der Waals surface area contributed by atoms with Crippen molar-refractivity contribution in [3.8, 4) is 29.6 Å². The third kappa shape index (κ3) is 3.39. The molecule has 1 aromatic carbocycles. The maximum absolute atomic E-state index is 9.41. The average Bonchev–Trinajstić information content (AvgIpc) is 2.79. The molecule has 3 aromatic rings. The largest absolute Gasteiger partial charge is 0.397 e. The number of nitrogens with two attached hydrogens (primary N) is 2. The molecular formula is C21H14N10. The number of guanidine groups is 1. The molecule has 0 bridgehead atoms. The minimum Gasteiger partial charge on any atom is -0.397 e. The summed E-state index contributed by atoms with van der Waals surface area (Å²) in [5.41, 5.74) is 15.7. The highest BCUT2D eigenvalue weighted by atomic mass is 15.2. The number of nitriles is 3. The van der Waals surface area contributed by atoms with Crippen molar-refractivity contribution in [2.75, 3.05) is 16.8 Å². The van der Waals surface area contributed by atoms with Gasteiger partial charge in [-0.3, -0.25) is 10.3 Å². The van der Waals surface area contributed by atoms with Gasteiger partial charge >= 0.3 is 0 Å². The van der Waals surface area contributed by atoms with Gasteiger partial charge in [0.15, 0.2) is 6.19 Å². The summed E-state index contributed by atoms with van der Waals surface area (Å²) in [6.07, 6.45) is 3.33. The fourth-order valence-electron chi connectivity index (χ4n) is 3.29. The minimum absolute atomic E-state index is 0.00885. The van der Waals surface area contributed by atoms with Crippen LogP contribution in [0.25, 0.3) is 11.3 Å². The zero-order valence-corrected chi connectivity index (χ0v) is 16.0. The molecule has 6 N–H and O–H groups in total. The second-order valence-electron chi connectivity index (χ2n) is 6.57.